The van der Waals surface area contributed by atoms with Crippen molar-refractivity contribution in [1.82, 2.24) is 0 Å². The molecule has 0 heterocycles. The van der Waals surface area contributed by atoms with Gasteiger partial charge in [-0.05, 0) is 24.6 Å². The van der Waals surface area contributed by atoms with E-state index in [9.17, 15) is 0 Å². The number of hydrogen-bond donors (Lipinski definition) is 1. The third kappa shape index (κ3) is 3.30. The van der Waals surface area contributed by atoms with Crippen LogP contribution in [-0.4, -0.2) is 17.8 Å². The molecule has 0 aliphatic carbocycles. The Balaban J connectivity index is 2.49. The predicted molar refractivity (Wildman–Crippen MR) is 51.6 cm³/mol. The fraction of sp³-hybridized carbons (Fsp3) is 0.273. The van der Waals surface area contributed by atoms with E-state index in [0.29, 0.717) is 0 Å². The summed E-state index contributed by atoms with van der Waals surface area (Å²) in [5.74, 6) is 0.751. The molecule has 1 aromatic rings. The maximum Gasteiger partial charge on any atom is 0.119 e. The largest absolute Gasteiger partial charge is 0.491 e. The zero-order valence-electron chi connectivity index (χ0n) is 7.60. The van der Waals surface area contributed by atoms with E-state index < -0.39 is 6.10 Å². The average molecular weight is 177 g/mol. The third-order valence-electron chi connectivity index (χ3n) is 1.63. The van der Waals surface area contributed by atoms with Gasteiger partial charge in [-0.15, -0.1) is 0 Å². The lowest BCUT2D eigenvalue weighted by Gasteiger charge is -2.08. The molecule has 1 aromatic carbocycles. The Bertz CT molecular complexity index is 281. The number of benzene rings is 1. The van der Waals surface area contributed by atoms with Crippen molar-refractivity contribution in [2.45, 2.75) is 13.0 Å². The van der Waals surface area contributed by atoms with Gasteiger partial charge in [-0.1, -0.05) is 24.8 Å². The minimum absolute atomic E-state index is 0.194. The van der Waals surface area contributed by atoms with Gasteiger partial charge < -0.3 is 9.84 Å². The Kier molecular flexibility index (Phi) is 3.53. The molecule has 0 aliphatic rings. The van der Waals surface area contributed by atoms with Crippen molar-refractivity contribution in [3.63, 3.8) is 0 Å². The molecule has 0 saturated carbocycles. The zero-order valence-corrected chi connectivity index (χ0v) is 7.60. The first-order valence-electron chi connectivity index (χ1n) is 4.15. The van der Waals surface area contributed by atoms with Gasteiger partial charge in [-0.2, -0.15) is 0 Å². The molecule has 0 saturated heterocycles. The van der Waals surface area contributed by atoms with E-state index in [1.54, 1.807) is 0 Å². The second-order valence-electron chi connectivity index (χ2n) is 2.89. The molecule has 0 fully saturated rings. The minimum atomic E-state index is -0.708. The van der Waals surface area contributed by atoms with Gasteiger partial charge in [0.15, 0.2) is 0 Å². The van der Waals surface area contributed by atoms with Crippen molar-refractivity contribution in [3.05, 3.63) is 42.5 Å². The second kappa shape index (κ2) is 4.67. The Morgan fingerprint density at radius 2 is 2.38 bits per heavy atom. The predicted octanol–water partition coefficient (Wildman–Crippen LogP) is 1.72. The molecule has 1 unspecified atom stereocenters. The normalized spacial score (nSPS) is 12.2. The maximum atomic E-state index is 9.08. The van der Waals surface area contributed by atoms with E-state index in [1.807, 2.05) is 31.2 Å². The molecule has 1 radical (unpaired) electrons. The van der Waals surface area contributed by atoms with Gasteiger partial charge in [-0.25, -0.2) is 0 Å². The summed E-state index contributed by atoms with van der Waals surface area (Å²) in [6.07, 6.45) is 0.496. The van der Waals surface area contributed by atoms with Crippen LogP contribution in [0, 0.1) is 13.5 Å². The minimum Gasteiger partial charge on any atom is -0.491 e. The molecule has 13 heavy (non-hydrogen) atoms. The molecule has 0 bridgehead atoms. The van der Waals surface area contributed by atoms with Crippen LogP contribution >= 0.6 is 0 Å². The molecule has 0 aliphatic heterocycles. The van der Waals surface area contributed by atoms with Crippen LogP contribution < -0.4 is 4.74 Å². The van der Waals surface area contributed by atoms with Crippen molar-refractivity contribution < 1.29 is 9.84 Å². The van der Waals surface area contributed by atoms with Gasteiger partial charge in [-0.3, -0.25) is 0 Å². The highest BCUT2D eigenvalue weighted by molar-refractivity contribution is 5.27. The summed E-state index contributed by atoms with van der Waals surface area (Å²) in [5.41, 5.74) is 1.13. The molecule has 1 N–H and O–H groups in total. The van der Waals surface area contributed by atoms with Gasteiger partial charge in [0.05, 0.1) is 0 Å². The third-order valence-corrected chi connectivity index (χ3v) is 1.63. The van der Waals surface area contributed by atoms with Crippen LogP contribution in [-0.2, 0) is 0 Å². The molecule has 1 atom stereocenters. The Morgan fingerprint density at radius 1 is 1.62 bits per heavy atom. The van der Waals surface area contributed by atoms with Crippen molar-refractivity contribution in [2.75, 3.05) is 6.61 Å². The van der Waals surface area contributed by atoms with Crippen molar-refractivity contribution in [1.29, 1.82) is 0 Å². The fourth-order valence-corrected chi connectivity index (χ4v) is 0.942. The zero-order chi connectivity index (χ0) is 9.68. The highest BCUT2D eigenvalue weighted by atomic mass is 16.5. The average Bonchev–Trinajstić information content (AvgIpc) is 2.14. The number of hydrogen-bond acceptors (Lipinski definition) is 2. The van der Waals surface area contributed by atoms with Gasteiger partial charge in [0.25, 0.3) is 0 Å². The van der Waals surface area contributed by atoms with Gasteiger partial charge in [0, 0.05) is 0 Å². The lowest BCUT2D eigenvalue weighted by molar-refractivity contribution is 0.144. The number of aliphatic hydroxyl groups is 1. The smallest absolute Gasteiger partial charge is 0.119 e. The van der Waals surface area contributed by atoms with Crippen LogP contribution in [0.4, 0.5) is 0 Å². The number of ether oxygens (including phenoxy) is 1. The molecular formula is C11H13O2. The van der Waals surface area contributed by atoms with Crippen molar-refractivity contribution in [3.8, 4) is 5.75 Å². The summed E-state index contributed by atoms with van der Waals surface area (Å²) >= 11 is 0. The Hall–Kier alpha value is -1.28. The maximum absolute atomic E-state index is 9.08. The van der Waals surface area contributed by atoms with Gasteiger partial charge >= 0.3 is 0 Å². The first-order chi connectivity index (χ1) is 6.22. The lowest BCUT2D eigenvalue weighted by atomic mass is 10.2. The highest BCUT2D eigenvalue weighted by Crippen LogP contribution is 2.12. The summed E-state index contributed by atoms with van der Waals surface area (Å²) in [7, 11) is 0. The molecule has 0 spiro atoms. The topological polar surface area (TPSA) is 29.5 Å². The monoisotopic (exact) mass is 177 g/mol. The van der Waals surface area contributed by atoms with E-state index in [0.717, 1.165) is 11.3 Å². The van der Waals surface area contributed by atoms with Gasteiger partial charge in [0.1, 0.15) is 18.5 Å². The summed E-state index contributed by atoms with van der Waals surface area (Å²) in [6.45, 7) is 7.29. The van der Waals surface area contributed by atoms with Crippen LogP contribution in [0.5, 0.6) is 5.75 Å². The molecule has 69 valence electrons. The van der Waals surface area contributed by atoms with Crippen LogP contribution in [0.15, 0.2) is 30.3 Å². The summed E-state index contributed by atoms with van der Waals surface area (Å²) in [4.78, 5) is 0. The number of aryl methyl sites for hydroxylation is 1. The molecule has 0 aromatic heterocycles. The number of rotatable bonds is 4. The standard InChI is InChI=1S/C11H13O2/c1-3-10(12)8-13-11-6-4-5-9(2)7-11/h1,3-7,10,12H,8H2,2H3. The quantitative estimate of drug-likeness (QED) is 0.758. The van der Waals surface area contributed by atoms with E-state index in [-0.39, 0.29) is 6.61 Å². The summed E-state index contributed by atoms with van der Waals surface area (Å²) < 4.78 is 5.28. The van der Waals surface area contributed by atoms with Crippen LogP contribution in [0.3, 0.4) is 0 Å². The van der Waals surface area contributed by atoms with Crippen molar-refractivity contribution >= 4 is 0 Å². The molecule has 1 rings (SSSR count). The van der Waals surface area contributed by atoms with Crippen LogP contribution in [0.25, 0.3) is 0 Å². The van der Waals surface area contributed by atoms with E-state index in [4.69, 9.17) is 16.4 Å². The Morgan fingerprint density at radius 3 is 3.00 bits per heavy atom. The van der Waals surface area contributed by atoms with Gasteiger partial charge in [0.2, 0.25) is 0 Å². The fourth-order valence-electron chi connectivity index (χ4n) is 0.942. The van der Waals surface area contributed by atoms with Crippen molar-refractivity contribution in [2.24, 2.45) is 0 Å². The van der Waals surface area contributed by atoms with Crippen LogP contribution in [0.2, 0.25) is 0 Å². The van der Waals surface area contributed by atoms with Crippen LogP contribution in [0.1, 0.15) is 5.56 Å². The van der Waals surface area contributed by atoms with E-state index in [2.05, 4.69) is 0 Å². The molecule has 2 nitrogen and oxygen atoms in total. The first-order valence-corrected chi connectivity index (χ1v) is 4.15. The Labute approximate surface area is 78.5 Å². The second-order valence-corrected chi connectivity index (χ2v) is 2.89. The van der Waals surface area contributed by atoms with E-state index >= 15 is 0 Å². The molecule has 2 heteroatoms. The first kappa shape index (κ1) is 9.81. The summed E-state index contributed by atoms with van der Waals surface area (Å²) in [5, 5.41) is 9.08. The summed E-state index contributed by atoms with van der Waals surface area (Å²) in [6, 6.07) is 7.64. The highest BCUT2D eigenvalue weighted by Gasteiger charge is 1.99. The SMILES string of the molecule is [CH]=CC(O)COc1cccc(C)c1. The molecule has 0 amide bonds. The van der Waals surface area contributed by atoms with E-state index in [1.165, 1.54) is 6.08 Å². The number of aliphatic hydroxyl groups excluding tert-OH is 1. The lowest BCUT2D eigenvalue weighted by Crippen LogP contribution is -2.14. The molecular weight excluding hydrogens is 164 g/mol.